The fourth-order valence-electron chi connectivity index (χ4n) is 1.32. The molecule has 0 saturated heterocycles. The second-order valence-corrected chi connectivity index (χ2v) is 4.00. The molecule has 0 aliphatic carbocycles. The number of rotatable bonds is 3. The van der Waals surface area contributed by atoms with Gasteiger partial charge in [0.05, 0.1) is 0 Å². The van der Waals surface area contributed by atoms with E-state index < -0.39 is 5.38 Å². The molecule has 1 aromatic rings. The smallest absolute Gasteiger partial charge is 0.152 e. The molecule has 0 radical (unpaired) electrons. The Hall–Kier alpha value is -0.530. The Morgan fingerprint density at radius 2 is 2.14 bits per heavy atom. The van der Waals surface area contributed by atoms with Crippen LogP contribution in [0.5, 0.6) is 0 Å². The predicted molar refractivity (Wildman–Crippen MR) is 60.0 cm³/mol. The minimum atomic E-state index is -0.542. The molecule has 1 rings (SSSR count). The molecule has 1 atom stereocenters. The number of halogens is 2. The number of alkyl halides is 2. The normalized spacial score (nSPS) is 12.6. The molecule has 1 unspecified atom stereocenters. The van der Waals surface area contributed by atoms with Crippen molar-refractivity contribution in [3.63, 3.8) is 0 Å². The summed E-state index contributed by atoms with van der Waals surface area (Å²) in [6.07, 6.45) is 0. The molecule has 0 aliphatic heterocycles. The Kier molecular flexibility index (Phi) is 3.97. The molecular formula is C11H12Cl2O. The summed E-state index contributed by atoms with van der Waals surface area (Å²) in [6, 6.07) is 5.72. The molecule has 0 fully saturated rings. The number of hydrogen-bond acceptors (Lipinski definition) is 1. The molecule has 1 aromatic carbocycles. The van der Waals surface area contributed by atoms with Gasteiger partial charge >= 0.3 is 0 Å². The van der Waals surface area contributed by atoms with Gasteiger partial charge in [-0.2, -0.15) is 0 Å². The first-order chi connectivity index (χ1) is 6.56. The van der Waals surface area contributed by atoms with Crippen molar-refractivity contribution in [3.8, 4) is 0 Å². The third kappa shape index (κ3) is 2.49. The van der Waals surface area contributed by atoms with E-state index in [0.717, 1.165) is 16.7 Å². The van der Waals surface area contributed by atoms with Crippen LogP contribution in [0.1, 0.15) is 29.0 Å². The number of Topliss-reactive ketones (excluding diaryl/α,β-unsaturated/α-hetero) is 1. The van der Waals surface area contributed by atoms with Gasteiger partial charge in [-0.1, -0.05) is 18.2 Å². The lowest BCUT2D eigenvalue weighted by molar-refractivity contribution is -0.116. The van der Waals surface area contributed by atoms with Gasteiger partial charge in [0.1, 0.15) is 5.38 Å². The zero-order valence-electron chi connectivity index (χ0n) is 8.18. The van der Waals surface area contributed by atoms with E-state index in [1.807, 2.05) is 25.1 Å². The van der Waals surface area contributed by atoms with Crippen molar-refractivity contribution in [2.45, 2.75) is 25.1 Å². The molecular weight excluding hydrogens is 219 g/mol. The van der Waals surface area contributed by atoms with Crippen molar-refractivity contribution in [3.05, 3.63) is 34.9 Å². The second-order valence-electron chi connectivity index (χ2n) is 3.30. The highest BCUT2D eigenvalue weighted by Crippen LogP contribution is 2.25. The molecule has 76 valence electrons. The van der Waals surface area contributed by atoms with Crippen molar-refractivity contribution in [2.24, 2.45) is 0 Å². The number of ketones is 1. The van der Waals surface area contributed by atoms with Crippen molar-refractivity contribution >= 4 is 29.0 Å². The van der Waals surface area contributed by atoms with Crippen molar-refractivity contribution < 1.29 is 4.79 Å². The number of carbonyl (C=O) groups is 1. The minimum Gasteiger partial charge on any atom is -0.298 e. The topological polar surface area (TPSA) is 17.1 Å². The SMILES string of the molecule is CC(=O)C(Cl)c1ccc(CCl)cc1C. The third-order valence-electron chi connectivity index (χ3n) is 2.12. The van der Waals surface area contributed by atoms with Crippen LogP contribution in [0.25, 0.3) is 0 Å². The van der Waals surface area contributed by atoms with E-state index in [1.165, 1.54) is 6.92 Å². The average molecular weight is 231 g/mol. The van der Waals surface area contributed by atoms with Crippen molar-refractivity contribution in [1.82, 2.24) is 0 Å². The standard InChI is InChI=1S/C11H12Cl2O/c1-7-5-9(6-12)3-4-10(7)11(13)8(2)14/h3-5,11H,6H2,1-2H3. The molecule has 0 aliphatic rings. The molecule has 0 spiro atoms. The molecule has 0 amide bonds. The van der Waals surface area contributed by atoms with Gasteiger partial charge in [-0.15, -0.1) is 23.2 Å². The van der Waals surface area contributed by atoms with Crippen LogP contribution >= 0.6 is 23.2 Å². The molecule has 0 heterocycles. The first kappa shape index (κ1) is 11.5. The largest absolute Gasteiger partial charge is 0.298 e. The molecule has 1 nitrogen and oxygen atoms in total. The number of benzene rings is 1. The summed E-state index contributed by atoms with van der Waals surface area (Å²) in [4.78, 5) is 11.1. The minimum absolute atomic E-state index is 0.0339. The molecule has 0 aromatic heterocycles. The van der Waals surface area contributed by atoms with Gasteiger partial charge in [0, 0.05) is 5.88 Å². The molecule has 14 heavy (non-hydrogen) atoms. The van der Waals surface area contributed by atoms with Gasteiger partial charge in [-0.05, 0) is 30.5 Å². The van der Waals surface area contributed by atoms with E-state index in [-0.39, 0.29) is 5.78 Å². The van der Waals surface area contributed by atoms with Gasteiger partial charge in [0.2, 0.25) is 0 Å². The van der Waals surface area contributed by atoms with E-state index in [4.69, 9.17) is 23.2 Å². The van der Waals surface area contributed by atoms with Gasteiger partial charge in [-0.3, -0.25) is 4.79 Å². The molecule has 0 N–H and O–H groups in total. The highest BCUT2D eigenvalue weighted by Gasteiger charge is 2.15. The van der Waals surface area contributed by atoms with Crippen LogP contribution in [0, 0.1) is 6.92 Å². The fourth-order valence-corrected chi connectivity index (χ4v) is 1.74. The molecule has 3 heteroatoms. The Balaban J connectivity index is 3.05. The highest BCUT2D eigenvalue weighted by molar-refractivity contribution is 6.30. The fraction of sp³-hybridized carbons (Fsp3) is 0.364. The van der Waals surface area contributed by atoms with Gasteiger partial charge in [0.15, 0.2) is 5.78 Å². The first-order valence-corrected chi connectivity index (χ1v) is 5.33. The van der Waals surface area contributed by atoms with Gasteiger partial charge in [0.25, 0.3) is 0 Å². The number of carbonyl (C=O) groups excluding carboxylic acids is 1. The van der Waals surface area contributed by atoms with Crippen LogP contribution in [0.3, 0.4) is 0 Å². The Morgan fingerprint density at radius 3 is 2.57 bits per heavy atom. The number of hydrogen-bond donors (Lipinski definition) is 0. The maximum absolute atomic E-state index is 11.1. The summed E-state index contributed by atoms with van der Waals surface area (Å²) in [6.45, 7) is 3.43. The Morgan fingerprint density at radius 1 is 1.50 bits per heavy atom. The average Bonchev–Trinajstić information content (AvgIpc) is 2.16. The van der Waals surface area contributed by atoms with E-state index in [2.05, 4.69) is 0 Å². The van der Waals surface area contributed by atoms with Crippen LogP contribution in [0.15, 0.2) is 18.2 Å². The zero-order valence-corrected chi connectivity index (χ0v) is 9.69. The summed E-state index contributed by atoms with van der Waals surface area (Å²) in [5.41, 5.74) is 2.92. The maximum Gasteiger partial charge on any atom is 0.152 e. The lowest BCUT2D eigenvalue weighted by atomic mass is 10.0. The van der Waals surface area contributed by atoms with Crippen LogP contribution in [0.4, 0.5) is 0 Å². The lowest BCUT2D eigenvalue weighted by Crippen LogP contribution is -2.03. The number of aryl methyl sites for hydroxylation is 1. The Labute approximate surface area is 94.0 Å². The Bertz CT molecular complexity index is 347. The quantitative estimate of drug-likeness (QED) is 0.726. The monoisotopic (exact) mass is 230 g/mol. The summed E-state index contributed by atoms with van der Waals surface area (Å²) >= 11 is 11.7. The van der Waals surface area contributed by atoms with Gasteiger partial charge < -0.3 is 0 Å². The molecule has 0 bridgehead atoms. The summed E-state index contributed by atoms with van der Waals surface area (Å²) in [5, 5.41) is -0.542. The molecule has 0 saturated carbocycles. The predicted octanol–water partition coefficient (Wildman–Crippen LogP) is 3.60. The van der Waals surface area contributed by atoms with Crippen LogP contribution in [0.2, 0.25) is 0 Å². The van der Waals surface area contributed by atoms with Crippen molar-refractivity contribution in [2.75, 3.05) is 0 Å². The van der Waals surface area contributed by atoms with E-state index in [9.17, 15) is 4.79 Å². The van der Waals surface area contributed by atoms with Crippen LogP contribution in [-0.4, -0.2) is 5.78 Å². The van der Waals surface area contributed by atoms with Crippen LogP contribution in [-0.2, 0) is 10.7 Å². The maximum atomic E-state index is 11.1. The third-order valence-corrected chi connectivity index (χ3v) is 2.97. The van der Waals surface area contributed by atoms with E-state index >= 15 is 0 Å². The zero-order chi connectivity index (χ0) is 10.7. The summed E-state index contributed by atoms with van der Waals surface area (Å²) in [7, 11) is 0. The first-order valence-electron chi connectivity index (χ1n) is 4.36. The van der Waals surface area contributed by atoms with E-state index in [1.54, 1.807) is 0 Å². The second kappa shape index (κ2) is 4.81. The van der Waals surface area contributed by atoms with Gasteiger partial charge in [-0.25, -0.2) is 0 Å². The van der Waals surface area contributed by atoms with Crippen molar-refractivity contribution in [1.29, 1.82) is 0 Å². The van der Waals surface area contributed by atoms with Crippen LogP contribution < -0.4 is 0 Å². The lowest BCUT2D eigenvalue weighted by Gasteiger charge is -2.10. The van der Waals surface area contributed by atoms with E-state index in [0.29, 0.717) is 5.88 Å². The summed E-state index contributed by atoms with van der Waals surface area (Å²) in [5.74, 6) is 0.446. The highest BCUT2D eigenvalue weighted by atomic mass is 35.5. The summed E-state index contributed by atoms with van der Waals surface area (Å²) < 4.78 is 0.